The molecule has 3 heteroatoms. The van der Waals surface area contributed by atoms with Crippen LogP contribution in [0.2, 0.25) is 0 Å². The zero-order valence-corrected chi connectivity index (χ0v) is 6.10. The van der Waals surface area contributed by atoms with Crippen molar-refractivity contribution < 1.29 is 10.2 Å². The van der Waals surface area contributed by atoms with Gasteiger partial charge in [-0.05, 0) is 23.3 Å². The predicted molar refractivity (Wildman–Crippen MR) is 38.5 cm³/mol. The summed E-state index contributed by atoms with van der Waals surface area (Å²) in [6.45, 7) is 0.469. The fourth-order valence-corrected chi connectivity index (χ4v) is 2.54. The zero-order valence-electron chi connectivity index (χ0n) is 5.29. The second-order valence-corrected chi connectivity index (χ2v) is 3.50. The lowest BCUT2D eigenvalue weighted by molar-refractivity contribution is 0.152. The minimum atomic E-state index is 0.234. The van der Waals surface area contributed by atoms with Crippen molar-refractivity contribution >= 4 is 11.8 Å². The molecule has 1 saturated heterocycles. The van der Waals surface area contributed by atoms with Gasteiger partial charge in [0, 0.05) is 13.2 Å². The van der Waals surface area contributed by atoms with Gasteiger partial charge in [0.2, 0.25) is 0 Å². The highest BCUT2D eigenvalue weighted by molar-refractivity contribution is 7.99. The highest BCUT2D eigenvalue weighted by Crippen LogP contribution is 2.28. The number of aliphatic hydroxyl groups is 2. The van der Waals surface area contributed by atoms with Gasteiger partial charge in [0.1, 0.15) is 0 Å². The third-order valence-electron chi connectivity index (χ3n) is 1.80. The standard InChI is InChI=1S/C6H12O2S/c7-1-5-3-9-4-6(5)2-8/h5-8H,1-4H2/t5-,6-/m0/s1. The number of aliphatic hydroxyl groups excluding tert-OH is 2. The van der Waals surface area contributed by atoms with Crippen molar-refractivity contribution in [3.8, 4) is 0 Å². The molecule has 54 valence electrons. The van der Waals surface area contributed by atoms with E-state index in [1.165, 1.54) is 0 Å². The summed E-state index contributed by atoms with van der Waals surface area (Å²) in [6, 6.07) is 0. The molecule has 1 aliphatic heterocycles. The van der Waals surface area contributed by atoms with E-state index in [2.05, 4.69) is 0 Å². The Morgan fingerprint density at radius 3 is 1.89 bits per heavy atom. The van der Waals surface area contributed by atoms with Crippen molar-refractivity contribution in [3.05, 3.63) is 0 Å². The van der Waals surface area contributed by atoms with E-state index in [0.717, 1.165) is 11.5 Å². The third kappa shape index (κ3) is 1.60. The molecule has 0 unspecified atom stereocenters. The fraction of sp³-hybridized carbons (Fsp3) is 1.00. The molecule has 0 saturated carbocycles. The molecule has 0 amide bonds. The van der Waals surface area contributed by atoms with E-state index in [-0.39, 0.29) is 13.2 Å². The molecule has 0 aromatic carbocycles. The normalized spacial score (nSPS) is 35.3. The molecular formula is C6H12O2S. The van der Waals surface area contributed by atoms with E-state index in [0.29, 0.717) is 11.8 Å². The Morgan fingerprint density at radius 1 is 1.11 bits per heavy atom. The van der Waals surface area contributed by atoms with Gasteiger partial charge in [0.25, 0.3) is 0 Å². The lowest BCUT2D eigenvalue weighted by Gasteiger charge is -2.11. The number of hydrogen-bond acceptors (Lipinski definition) is 3. The Labute approximate surface area is 59.3 Å². The van der Waals surface area contributed by atoms with Crippen LogP contribution >= 0.6 is 11.8 Å². The molecule has 1 fully saturated rings. The third-order valence-corrected chi connectivity index (χ3v) is 3.13. The summed E-state index contributed by atoms with van der Waals surface area (Å²) in [7, 11) is 0. The Hall–Kier alpha value is 0.270. The molecule has 0 aromatic heterocycles. The van der Waals surface area contributed by atoms with E-state index in [4.69, 9.17) is 10.2 Å². The lowest BCUT2D eigenvalue weighted by atomic mass is 9.98. The molecule has 0 spiro atoms. The summed E-state index contributed by atoms with van der Waals surface area (Å²) in [5.74, 6) is 2.73. The first-order valence-electron chi connectivity index (χ1n) is 3.18. The maximum Gasteiger partial charge on any atom is 0.0470 e. The van der Waals surface area contributed by atoms with Crippen LogP contribution in [-0.2, 0) is 0 Å². The first-order valence-corrected chi connectivity index (χ1v) is 4.33. The van der Waals surface area contributed by atoms with E-state index < -0.39 is 0 Å². The molecule has 0 aromatic rings. The SMILES string of the molecule is OC[C@H]1CSC[C@@H]1CO. The van der Waals surface area contributed by atoms with Crippen molar-refractivity contribution in [2.75, 3.05) is 24.7 Å². The van der Waals surface area contributed by atoms with Crippen LogP contribution in [0.4, 0.5) is 0 Å². The van der Waals surface area contributed by atoms with Crippen LogP contribution in [0, 0.1) is 11.8 Å². The minimum Gasteiger partial charge on any atom is -0.396 e. The van der Waals surface area contributed by atoms with Gasteiger partial charge >= 0.3 is 0 Å². The smallest absolute Gasteiger partial charge is 0.0470 e. The van der Waals surface area contributed by atoms with Gasteiger partial charge in [-0.2, -0.15) is 11.8 Å². The largest absolute Gasteiger partial charge is 0.396 e. The zero-order chi connectivity index (χ0) is 6.69. The molecular weight excluding hydrogens is 136 g/mol. The van der Waals surface area contributed by atoms with E-state index in [9.17, 15) is 0 Å². The molecule has 0 aliphatic carbocycles. The quantitative estimate of drug-likeness (QED) is 0.577. The van der Waals surface area contributed by atoms with Crippen molar-refractivity contribution in [1.82, 2.24) is 0 Å². The van der Waals surface area contributed by atoms with E-state index in [1.54, 1.807) is 0 Å². The van der Waals surface area contributed by atoms with E-state index >= 15 is 0 Å². The van der Waals surface area contributed by atoms with Crippen LogP contribution in [0.3, 0.4) is 0 Å². The van der Waals surface area contributed by atoms with Gasteiger partial charge < -0.3 is 10.2 Å². The van der Waals surface area contributed by atoms with Crippen LogP contribution in [0.5, 0.6) is 0 Å². The topological polar surface area (TPSA) is 40.5 Å². The van der Waals surface area contributed by atoms with Crippen LogP contribution in [-0.4, -0.2) is 34.9 Å². The monoisotopic (exact) mass is 148 g/mol. The van der Waals surface area contributed by atoms with Gasteiger partial charge in [-0.25, -0.2) is 0 Å². The molecule has 2 nitrogen and oxygen atoms in total. The predicted octanol–water partition coefficient (Wildman–Crippen LogP) is -0.0498. The van der Waals surface area contributed by atoms with Crippen molar-refractivity contribution in [3.63, 3.8) is 0 Å². The highest BCUT2D eigenvalue weighted by Gasteiger charge is 2.25. The molecule has 1 heterocycles. The van der Waals surface area contributed by atoms with Crippen LogP contribution in [0.15, 0.2) is 0 Å². The summed E-state index contributed by atoms with van der Waals surface area (Å²) in [6.07, 6.45) is 0. The Bertz CT molecular complexity index is 77.1. The second-order valence-electron chi connectivity index (χ2n) is 2.42. The van der Waals surface area contributed by atoms with Crippen molar-refractivity contribution in [2.45, 2.75) is 0 Å². The summed E-state index contributed by atoms with van der Waals surface area (Å²) in [4.78, 5) is 0. The van der Waals surface area contributed by atoms with Gasteiger partial charge in [-0.15, -0.1) is 0 Å². The number of hydrogen-bond donors (Lipinski definition) is 2. The Morgan fingerprint density at radius 2 is 1.56 bits per heavy atom. The van der Waals surface area contributed by atoms with Gasteiger partial charge in [0.15, 0.2) is 0 Å². The summed E-state index contributed by atoms with van der Waals surface area (Å²) in [5.41, 5.74) is 0. The van der Waals surface area contributed by atoms with Gasteiger partial charge in [-0.1, -0.05) is 0 Å². The van der Waals surface area contributed by atoms with Crippen molar-refractivity contribution in [1.29, 1.82) is 0 Å². The van der Waals surface area contributed by atoms with Crippen LogP contribution in [0.1, 0.15) is 0 Å². The average Bonchev–Trinajstić information content (AvgIpc) is 2.33. The van der Waals surface area contributed by atoms with Crippen LogP contribution < -0.4 is 0 Å². The van der Waals surface area contributed by atoms with E-state index in [1.807, 2.05) is 11.8 Å². The Balaban J connectivity index is 2.32. The van der Waals surface area contributed by atoms with Gasteiger partial charge in [0.05, 0.1) is 0 Å². The van der Waals surface area contributed by atoms with Crippen molar-refractivity contribution in [2.24, 2.45) is 11.8 Å². The lowest BCUT2D eigenvalue weighted by Crippen LogP contribution is -2.19. The highest BCUT2D eigenvalue weighted by atomic mass is 32.2. The first-order chi connectivity index (χ1) is 4.38. The molecule has 2 N–H and O–H groups in total. The molecule has 0 radical (unpaired) electrons. The maximum absolute atomic E-state index is 8.74. The summed E-state index contributed by atoms with van der Waals surface area (Å²) >= 11 is 1.82. The second kappa shape index (κ2) is 3.44. The maximum atomic E-state index is 8.74. The summed E-state index contributed by atoms with van der Waals surface area (Å²) < 4.78 is 0. The molecule has 1 rings (SSSR count). The molecule has 0 bridgehead atoms. The summed E-state index contributed by atoms with van der Waals surface area (Å²) in [5, 5.41) is 17.5. The Kier molecular flexibility index (Phi) is 2.82. The molecule has 9 heavy (non-hydrogen) atoms. The minimum absolute atomic E-state index is 0.234. The molecule has 2 atom stereocenters. The first kappa shape index (κ1) is 7.38. The van der Waals surface area contributed by atoms with Gasteiger partial charge in [-0.3, -0.25) is 0 Å². The number of rotatable bonds is 2. The van der Waals surface area contributed by atoms with Crippen LogP contribution in [0.25, 0.3) is 0 Å². The molecule has 1 aliphatic rings. The average molecular weight is 148 g/mol. The fourth-order valence-electron chi connectivity index (χ4n) is 1.05. The number of thioether (sulfide) groups is 1.